The molecule has 0 spiro atoms. The van der Waals surface area contributed by atoms with Gasteiger partial charge in [0.2, 0.25) is 0 Å². The van der Waals surface area contributed by atoms with Gasteiger partial charge >= 0.3 is 5.97 Å². The summed E-state index contributed by atoms with van der Waals surface area (Å²) in [5.41, 5.74) is 0.858. The molecule has 2 aromatic rings. The van der Waals surface area contributed by atoms with Crippen LogP contribution < -0.4 is 0 Å². The number of allylic oxidation sites excluding steroid dienone is 2. The molecule has 1 aliphatic carbocycles. The van der Waals surface area contributed by atoms with Crippen LogP contribution in [-0.2, 0) is 4.79 Å². The Kier molecular flexibility index (Phi) is 2.83. The van der Waals surface area contributed by atoms with Crippen LogP contribution in [-0.4, -0.2) is 21.0 Å². The van der Waals surface area contributed by atoms with Gasteiger partial charge in [-0.15, -0.1) is 11.3 Å². The Balaban J connectivity index is 2.02. The van der Waals surface area contributed by atoms with Gasteiger partial charge in [-0.25, -0.2) is 4.98 Å². The number of hydrogen-bond donors (Lipinski definition) is 1. The number of rotatable bonds is 2. The van der Waals surface area contributed by atoms with Crippen molar-refractivity contribution in [1.82, 2.24) is 9.97 Å². The average Bonchev–Trinajstić information content (AvgIpc) is 2.82. The summed E-state index contributed by atoms with van der Waals surface area (Å²) >= 11 is 1.58. The molecule has 3 rings (SSSR count). The molecule has 4 nitrogen and oxygen atoms in total. The number of hydrogen-bond acceptors (Lipinski definition) is 4. The van der Waals surface area contributed by atoms with Gasteiger partial charge in [-0.2, -0.15) is 0 Å². The number of pyridine rings is 1. The number of nitrogens with zero attached hydrogens (tertiary/aromatic N) is 2. The zero-order valence-corrected chi connectivity index (χ0v) is 10.4. The maximum atomic E-state index is 11.3. The number of aliphatic carboxylic acids is 1. The van der Waals surface area contributed by atoms with E-state index in [1.807, 2.05) is 12.1 Å². The first-order valence-electron chi connectivity index (χ1n) is 5.84. The van der Waals surface area contributed by atoms with Gasteiger partial charge in [-0.05, 0) is 18.9 Å². The van der Waals surface area contributed by atoms with Crippen LogP contribution in [0.2, 0.25) is 0 Å². The van der Waals surface area contributed by atoms with Gasteiger partial charge in [-0.3, -0.25) is 9.78 Å². The Morgan fingerprint density at radius 3 is 3.00 bits per heavy atom. The second-order valence-corrected chi connectivity index (χ2v) is 5.45. The summed E-state index contributed by atoms with van der Waals surface area (Å²) in [6, 6.07) is 1.92. The smallest absolute Gasteiger partial charge is 0.307 e. The summed E-state index contributed by atoms with van der Waals surface area (Å²) in [5, 5.41) is 10.2. The Hall–Kier alpha value is -1.75. The summed E-state index contributed by atoms with van der Waals surface area (Å²) in [4.78, 5) is 19.9. The SMILES string of the molecule is O=C(O)[C@H]1CC=CC[C@H]1c1nc2cnccc2s1. The molecule has 2 heterocycles. The summed E-state index contributed by atoms with van der Waals surface area (Å²) in [6.07, 6.45) is 8.81. The van der Waals surface area contributed by atoms with Gasteiger partial charge < -0.3 is 5.11 Å². The van der Waals surface area contributed by atoms with E-state index in [4.69, 9.17) is 0 Å². The molecule has 18 heavy (non-hydrogen) atoms. The van der Waals surface area contributed by atoms with E-state index in [-0.39, 0.29) is 11.8 Å². The highest BCUT2D eigenvalue weighted by Crippen LogP contribution is 2.38. The molecule has 0 unspecified atom stereocenters. The first-order chi connectivity index (χ1) is 8.75. The van der Waals surface area contributed by atoms with Gasteiger partial charge in [0.1, 0.15) is 0 Å². The second kappa shape index (κ2) is 4.49. The van der Waals surface area contributed by atoms with Crippen molar-refractivity contribution < 1.29 is 9.90 Å². The van der Waals surface area contributed by atoms with Crippen molar-refractivity contribution in [2.75, 3.05) is 0 Å². The van der Waals surface area contributed by atoms with Crippen LogP contribution in [0, 0.1) is 5.92 Å². The van der Waals surface area contributed by atoms with Gasteiger partial charge in [0.05, 0.1) is 27.3 Å². The molecule has 2 atom stereocenters. The van der Waals surface area contributed by atoms with Gasteiger partial charge in [0, 0.05) is 12.1 Å². The monoisotopic (exact) mass is 260 g/mol. The van der Waals surface area contributed by atoms with Crippen LogP contribution in [0.25, 0.3) is 10.2 Å². The maximum absolute atomic E-state index is 11.3. The Labute approximate surface area is 108 Å². The van der Waals surface area contributed by atoms with Crippen LogP contribution in [0.3, 0.4) is 0 Å². The standard InChI is InChI=1S/C13H12N2O2S/c16-13(17)9-4-2-1-3-8(9)12-15-10-7-14-6-5-11(10)18-12/h1-2,5-9H,3-4H2,(H,16,17)/t8-,9+/m1/s1. The molecule has 0 saturated carbocycles. The molecule has 0 aliphatic heterocycles. The zero-order valence-electron chi connectivity index (χ0n) is 9.61. The summed E-state index contributed by atoms with van der Waals surface area (Å²) in [6.45, 7) is 0. The van der Waals surface area contributed by atoms with Crippen molar-refractivity contribution >= 4 is 27.5 Å². The molecule has 92 valence electrons. The lowest BCUT2D eigenvalue weighted by molar-refractivity contribution is -0.142. The molecule has 2 aromatic heterocycles. The van der Waals surface area contributed by atoms with Crippen molar-refractivity contribution in [2.24, 2.45) is 5.92 Å². The second-order valence-electron chi connectivity index (χ2n) is 4.39. The van der Waals surface area contributed by atoms with E-state index in [1.165, 1.54) is 0 Å². The minimum absolute atomic E-state index is 0.00935. The minimum atomic E-state index is -0.735. The molecule has 1 aliphatic rings. The fraction of sp³-hybridized carbons (Fsp3) is 0.308. The molecule has 0 radical (unpaired) electrons. The van der Waals surface area contributed by atoms with E-state index in [0.29, 0.717) is 6.42 Å². The Morgan fingerprint density at radius 1 is 1.39 bits per heavy atom. The zero-order chi connectivity index (χ0) is 12.5. The molecule has 0 saturated heterocycles. The van der Waals surface area contributed by atoms with E-state index in [1.54, 1.807) is 23.7 Å². The van der Waals surface area contributed by atoms with E-state index < -0.39 is 5.97 Å². The molecule has 0 amide bonds. The normalized spacial score (nSPS) is 23.3. The Morgan fingerprint density at radius 2 is 2.22 bits per heavy atom. The van der Waals surface area contributed by atoms with Crippen LogP contribution in [0.15, 0.2) is 30.6 Å². The van der Waals surface area contributed by atoms with Crippen molar-refractivity contribution in [1.29, 1.82) is 0 Å². The highest BCUT2D eigenvalue weighted by atomic mass is 32.1. The summed E-state index contributed by atoms with van der Waals surface area (Å²) in [5.74, 6) is -1.10. The molecular formula is C13H12N2O2S. The number of carbonyl (C=O) groups is 1. The first-order valence-corrected chi connectivity index (χ1v) is 6.65. The first kappa shape index (κ1) is 11.3. The van der Waals surface area contributed by atoms with Crippen molar-refractivity contribution in [3.05, 3.63) is 35.6 Å². The molecule has 0 aromatic carbocycles. The fourth-order valence-electron chi connectivity index (χ4n) is 2.32. The van der Waals surface area contributed by atoms with Gasteiger partial charge in [-0.1, -0.05) is 12.2 Å². The number of fused-ring (bicyclic) bond motifs is 1. The highest BCUT2D eigenvalue weighted by Gasteiger charge is 2.31. The van der Waals surface area contributed by atoms with Crippen LogP contribution in [0.4, 0.5) is 0 Å². The van der Waals surface area contributed by atoms with Gasteiger partial charge in [0.15, 0.2) is 0 Å². The predicted molar refractivity (Wildman–Crippen MR) is 69.7 cm³/mol. The molecule has 5 heteroatoms. The topological polar surface area (TPSA) is 63.1 Å². The largest absolute Gasteiger partial charge is 0.481 e. The van der Waals surface area contributed by atoms with E-state index >= 15 is 0 Å². The Bertz CT molecular complexity index is 587. The van der Waals surface area contributed by atoms with Crippen LogP contribution in [0.1, 0.15) is 23.8 Å². The highest BCUT2D eigenvalue weighted by molar-refractivity contribution is 7.18. The molecular weight excluding hydrogens is 248 g/mol. The van der Waals surface area contributed by atoms with Gasteiger partial charge in [0.25, 0.3) is 0 Å². The van der Waals surface area contributed by atoms with Crippen LogP contribution in [0.5, 0.6) is 0 Å². The third-order valence-corrected chi connectivity index (χ3v) is 4.44. The molecule has 0 bridgehead atoms. The number of carboxylic acid groups (broad SMARTS) is 1. The lowest BCUT2D eigenvalue weighted by Gasteiger charge is -2.22. The maximum Gasteiger partial charge on any atom is 0.307 e. The predicted octanol–water partition coefficient (Wildman–Crippen LogP) is 2.83. The van der Waals surface area contributed by atoms with E-state index in [0.717, 1.165) is 21.6 Å². The fourth-order valence-corrected chi connectivity index (χ4v) is 3.43. The summed E-state index contributed by atoms with van der Waals surface area (Å²) in [7, 11) is 0. The van der Waals surface area contributed by atoms with Crippen molar-refractivity contribution in [3.63, 3.8) is 0 Å². The number of thiazole rings is 1. The minimum Gasteiger partial charge on any atom is -0.481 e. The quantitative estimate of drug-likeness (QED) is 0.843. The lowest BCUT2D eigenvalue weighted by Crippen LogP contribution is -2.23. The average molecular weight is 260 g/mol. The van der Waals surface area contributed by atoms with E-state index in [9.17, 15) is 9.90 Å². The number of aromatic nitrogens is 2. The van der Waals surface area contributed by atoms with E-state index in [2.05, 4.69) is 16.0 Å². The van der Waals surface area contributed by atoms with Crippen molar-refractivity contribution in [2.45, 2.75) is 18.8 Å². The molecule has 0 fully saturated rings. The van der Waals surface area contributed by atoms with Crippen molar-refractivity contribution in [3.8, 4) is 0 Å². The third kappa shape index (κ3) is 1.90. The number of carboxylic acids is 1. The summed E-state index contributed by atoms with van der Waals surface area (Å²) < 4.78 is 1.07. The third-order valence-electron chi connectivity index (χ3n) is 3.27. The lowest BCUT2D eigenvalue weighted by atomic mass is 9.83. The van der Waals surface area contributed by atoms with Crippen LogP contribution >= 0.6 is 11.3 Å². The molecule has 1 N–H and O–H groups in total.